The predicted molar refractivity (Wildman–Crippen MR) is 114 cm³/mol. The zero-order valence-electron chi connectivity index (χ0n) is 17.0. The van der Waals surface area contributed by atoms with Crippen LogP contribution < -0.4 is 5.32 Å². The molecule has 6 nitrogen and oxygen atoms in total. The number of anilines is 1. The van der Waals surface area contributed by atoms with Gasteiger partial charge in [-0.15, -0.1) is 0 Å². The number of aryl methyl sites for hydroxylation is 2. The molecule has 5 rings (SSSR count). The Morgan fingerprint density at radius 3 is 2.73 bits per heavy atom. The lowest BCUT2D eigenvalue weighted by atomic mass is 9.87. The molecule has 0 bridgehead atoms. The van der Waals surface area contributed by atoms with E-state index in [0.717, 1.165) is 33.5 Å². The summed E-state index contributed by atoms with van der Waals surface area (Å²) in [5.41, 5.74) is 5.22. The number of furan rings is 1. The summed E-state index contributed by atoms with van der Waals surface area (Å²) in [7, 11) is 0. The molecule has 1 amide bonds. The van der Waals surface area contributed by atoms with Crippen LogP contribution >= 0.6 is 0 Å². The van der Waals surface area contributed by atoms with Crippen molar-refractivity contribution in [2.75, 3.05) is 5.32 Å². The summed E-state index contributed by atoms with van der Waals surface area (Å²) >= 11 is 0. The minimum absolute atomic E-state index is 0.0716. The van der Waals surface area contributed by atoms with Gasteiger partial charge in [0.15, 0.2) is 5.76 Å². The molecule has 2 aromatic heterocycles. The van der Waals surface area contributed by atoms with Crippen molar-refractivity contribution in [3.05, 3.63) is 76.7 Å². The molecule has 1 atom stereocenters. The van der Waals surface area contributed by atoms with Crippen molar-refractivity contribution >= 4 is 28.5 Å². The second-order valence-electron chi connectivity index (χ2n) is 7.80. The second kappa shape index (κ2) is 6.69. The maximum Gasteiger partial charge on any atom is 0.226 e. The highest BCUT2D eigenvalue weighted by atomic mass is 16.3. The van der Waals surface area contributed by atoms with Gasteiger partial charge in [0.05, 0.1) is 17.3 Å². The third-order valence-corrected chi connectivity index (χ3v) is 5.89. The topological polar surface area (TPSA) is 77.1 Å². The van der Waals surface area contributed by atoms with E-state index >= 15 is 0 Å². The molecule has 0 saturated heterocycles. The van der Waals surface area contributed by atoms with E-state index in [1.54, 1.807) is 10.7 Å². The summed E-state index contributed by atoms with van der Waals surface area (Å²) in [6.45, 7) is 5.93. The zero-order valence-corrected chi connectivity index (χ0v) is 17.0. The molecular weight excluding hydrogens is 378 g/mol. The van der Waals surface area contributed by atoms with Crippen LogP contribution in [0.2, 0.25) is 0 Å². The second-order valence-corrected chi connectivity index (χ2v) is 7.80. The van der Waals surface area contributed by atoms with Crippen LogP contribution in [0.25, 0.3) is 16.7 Å². The normalized spacial score (nSPS) is 15.8. The van der Waals surface area contributed by atoms with Gasteiger partial charge in [0.25, 0.3) is 0 Å². The van der Waals surface area contributed by atoms with Crippen LogP contribution in [0.5, 0.6) is 0 Å². The number of amides is 1. The fourth-order valence-corrected chi connectivity index (χ4v) is 4.19. The number of nitrogens with one attached hydrogen (secondary N) is 1. The van der Waals surface area contributed by atoms with E-state index in [4.69, 9.17) is 4.42 Å². The monoisotopic (exact) mass is 399 g/mol. The number of carbonyl (C=O) groups is 2. The van der Waals surface area contributed by atoms with Crippen LogP contribution in [0.1, 0.15) is 45.3 Å². The number of rotatable bonds is 3. The molecule has 0 unspecified atom stereocenters. The molecule has 2 aromatic carbocycles. The molecule has 0 aliphatic carbocycles. The van der Waals surface area contributed by atoms with Crippen molar-refractivity contribution in [1.29, 1.82) is 0 Å². The quantitative estimate of drug-likeness (QED) is 0.500. The minimum atomic E-state index is -0.631. The van der Waals surface area contributed by atoms with Gasteiger partial charge in [-0.3, -0.25) is 9.59 Å². The number of ketones is 1. The van der Waals surface area contributed by atoms with Crippen molar-refractivity contribution in [2.24, 2.45) is 0 Å². The third kappa shape index (κ3) is 2.76. The van der Waals surface area contributed by atoms with Crippen LogP contribution in [-0.2, 0) is 4.79 Å². The maximum absolute atomic E-state index is 13.4. The van der Waals surface area contributed by atoms with Crippen molar-refractivity contribution in [3.8, 4) is 5.69 Å². The summed E-state index contributed by atoms with van der Waals surface area (Å²) < 4.78 is 7.53. The molecule has 150 valence electrons. The summed E-state index contributed by atoms with van der Waals surface area (Å²) in [5, 5.41) is 8.49. The number of hydrogen-bond donors (Lipinski definition) is 1. The Hall–Kier alpha value is -3.67. The van der Waals surface area contributed by atoms with Gasteiger partial charge >= 0.3 is 0 Å². The minimum Gasteiger partial charge on any atom is -0.453 e. The Bertz CT molecular complexity index is 1300. The standard InChI is InChI=1S/C24H21N3O3/c1-13-7-6-9-18(14(13)2)27-24-22(15(3)26-27)17(12-21(28)25-24)23(29)20-11-16-8-4-5-10-19(16)30-20/h4-11,17H,12H2,1-3H3,(H,25,28)/t17-/m1/s1. The van der Waals surface area contributed by atoms with Crippen LogP contribution in [0.4, 0.5) is 5.82 Å². The molecule has 1 aliphatic heterocycles. The summed E-state index contributed by atoms with van der Waals surface area (Å²) in [4.78, 5) is 25.9. The highest BCUT2D eigenvalue weighted by Crippen LogP contribution is 2.39. The number of hydrogen-bond acceptors (Lipinski definition) is 4. The van der Waals surface area contributed by atoms with Crippen molar-refractivity contribution < 1.29 is 14.0 Å². The molecule has 0 fully saturated rings. The van der Waals surface area contributed by atoms with Gasteiger partial charge < -0.3 is 9.73 Å². The third-order valence-electron chi connectivity index (χ3n) is 5.89. The molecule has 0 spiro atoms. The average molecular weight is 399 g/mol. The predicted octanol–water partition coefficient (Wildman–Crippen LogP) is 4.85. The Balaban J connectivity index is 1.64. The van der Waals surface area contributed by atoms with Gasteiger partial charge in [0.1, 0.15) is 11.4 Å². The number of benzene rings is 2. The fraction of sp³-hybridized carbons (Fsp3) is 0.208. The molecule has 4 aromatic rings. The summed E-state index contributed by atoms with van der Waals surface area (Å²) in [6.07, 6.45) is 0.0716. The lowest BCUT2D eigenvalue weighted by Gasteiger charge is -2.23. The molecule has 0 radical (unpaired) electrons. The largest absolute Gasteiger partial charge is 0.453 e. The van der Waals surface area contributed by atoms with Gasteiger partial charge in [0.2, 0.25) is 11.7 Å². The summed E-state index contributed by atoms with van der Waals surface area (Å²) in [6, 6.07) is 15.2. The van der Waals surface area contributed by atoms with E-state index in [1.807, 2.05) is 63.2 Å². The van der Waals surface area contributed by atoms with Crippen LogP contribution in [0.3, 0.4) is 0 Å². The number of fused-ring (bicyclic) bond motifs is 2. The number of Topliss-reactive ketones (excluding diaryl/α,β-unsaturated/α-hetero) is 1. The maximum atomic E-state index is 13.4. The molecule has 0 saturated carbocycles. The smallest absolute Gasteiger partial charge is 0.226 e. The molecule has 1 aliphatic rings. The number of para-hydroxylation sites is 1. The van der Waals surface area contributed by atoms with Crippen molar-refractivity contribution in [1.82, 2.24) is 9.78 Å². The van der Waals surface area contributed by atoms with Crippen molar-refractivity contribution in [3.63, 3.8) is 0 Å². The SMILES string of the molecule is Cc1cccc(-n2nc(C)c3c2NC(=O)C[C@H]3C(=O)c2cc3ccccc3o2)c1C. The highest BCUT2D eigenvalue weighted by molar-refractivity contribution is 6.08. The Morgan fingerprint density at radius 1 is 1.13 bits per heavy atom. The molecule has 3 heterocycles. The van der Waals surface area contributed by atoms with E-state index in [0.29, 0.717) is 11.4 Å². The first kappa shape index (κ1) is 18.4. The molecule has 30 heavy (non-hydrogen) atoms. The average Bonchev–Trinajstić information content (AvgIpc) is 3.30. The molecular formula is C24H21N3O3. The Kier molecular flexibility index (Phi) is 4.10. The number of aromatic nitrogens is 2. The van der Waals surface area contributed by atoms with Crippen molar-refractivity contribution in [2.45, 2.75) is 33.1 Å². The van der Waals surface area contributed by atoms with E-state index in [-0.39, 0.29) is 23.9 Å². The van der Waals surface area contributed by atoms with Gasteiger partial charge in [-0.25, -0.2) is 4.68 Å². The van der Waals surface area contributed by atoms with E-state index < -0.39 is 5.92 Å². The lowest BCUT2D eigenvalue weighted by Crippen LogP contribution is -2.28. The summed E-state index contributed by atoms with van der Waals surface area (Å²) in [5.74, 6) is -0.213. The Labute approximate surface area is 173 Å². The number of carbonyl (C=O) groups excluding carboxylic acids is 2. The van der Waals surface area contributed by atoms with Crippen LogP contribution in [0.15, 0.2) is 52.9 Å². The highest BCUT2D eigenvalue weighted by Gasteiger charge is 2.37. The van der Waals surface area contributed by atoms with Gasteiger partial charge in [-0.05, 0) is 50.1 Å². The molecule has 1 N–H and O–H groups in total. The first-order valence-corrected chi connectivity index (χ1v) is 9.93. The van der Waals surface area contributed by atoms with Gasteiger partial charge in [0, 0.05) is 17.4 Å². The van der Waals surface area contributed by atoms with Crippen LogP contribution in [-0.4, -0.2) is 21.5 Å². The van der Waals surface area contributed by atoms with E-state index in [9.17, 15) is 9.59 Å². The number of nitrogens with zero attached hydrogens (tertiary/aromatic N) is 2. The van der Waals surface area contributed by atoms with E-state index in [2.05, 4.69) is 10.4 Å². The lowest BCUT2D eigenvalue weighted by molar-refractivity contribution is -0.116. The Morgan fingerprint density at radius 2 is 1.93 bits per heavy atom. The van der Waals surface area contributed by atoms with Crippen LogP contribution in [0, 0.1) is 20.8 Å². The van der Waals surface area contributed by atoms with Gasteiger partial charge in [-0.1, -0.05) is 30.3 Å². The first-order chi connectivity index (χ1) is 14.4. The van der Waals surface area contributed by atoms with Gasteiger partial charge in [-0.2, -0.15) is 5.10 Å². The fourth-order valence-electron chi connectivity index (χ4n) is 4.19. The zero-order chi connectivity index (χ0) is 21.0. The molecule has 6 heteroatoms. The first-order valence-electron chi connectivity index (χ1n) is 9.93. The van der Waals surface area contributed by atoms with E-state index in [1.165, 1.54) is 0 Å².